The third kappa shape index (κ3) is 4.22. The van der Waals surface area contributed by atoms with Crippen LogP contribution in [0, 0.1) is 6.92 Å². The van der Waals surface area contributed by atoms with Gasteiger partial charge in [-0.3, -0.25) is 9.59 Å². The highest BCUT2D eigenvalue weighted by molar-refractivity contribution is 5.89. The molecule has 0 unspecified atom stereocenters. The zero-order valence-electron chi connectivity index (χ0n) is 16.3. The molecular formula is C22H20N4O4. The lowest BCUT2D eigenvalue weighted by Crippen LogP contribution is -2.30. The Morgan fingerprint density at radius 1 is 1.00 bits per heavy atom. The van der Waals surface area contributed by atoms with Crippen LogP contribution in [0.5, 0.6) is 0 Å². The second-order valence-corrected chi connectivity index (χ2v) is 6.68. The summed E-state index contributed by atoms with van der Waals surface area (Å²) in [5, 5.41) is 5.87. The number of anilines is 1. The monoisotopic (exact) mass is 404 g/mol. The van der Waals surface area contributed by atoms with Crippen molar-refractivity contribution in [2.45, 2.75) is 13.3 Å². The van der Waals surface area contributed by atoms with Crippen molar-refractivity contribution in [3.05, 3.63) is 76.4 Å². The minimum atomic E-state index is -0.273. The van der Waals surface area contributed by atoms with Gasteiger partial charge in [-0.15, -0.1) is 0 Å². The number of nitrogens with zero attached hydrogens (tertiary/aromatic N) is 2. The number of benzene rings is 1. The minimum absolute atomic E-state index is 0.0193. The van der Waals surface area contributed by atoms with E-state index in [1.165, 1.54) is 6.07 Å². The summed E-state index contributed by atoms with van der Waals surface area (Å²) in [5.41, 5.74) is 1.47. The summed E-state index contributed by atoms with van der Waals surface area (Å²) in [6, 6.07) is 12.4. The first-order valence-corrected chi connectivity index (χ1v) is 9.51. The number of carbonyl (C=O) groups is 1. The molecule has 0 atom stereocenters. The number of furan rings is 1. The maximum absolute atomic E-state index is 12.6. The molecule has 0 saturated heterocycles. The first kappa shape index (κ1) is 19.4. The van der Waals surface area contributed by atoms with Gasteiger partial charge in [-0.25, -0.2) is 9.97 Å². The standard InChI is InChI=1S/C22H20N4O4/c1-14-12-17(27)21-20(29-14)16(19(30-21)15-6-3-2-4-7-15)13-18(28)23-10-11-26-22-24-8-5-9-25-22/h2-9,12H,10-11,13H2,1H3,(H,23,28)(H,24,25,26). The van der Waals surface area contributed by atoms with Crippen LogP contribution in [0.4, 0.5) is 5.95 Å². The first-order chi connectivity index (χ1) is 14.6. The lowest BCUT2D eigenvalue weighted by Gasteiger charge is -2.07. The SMILES string of the molecule is Cc1cc(=O)c2oc(-c3ccccc3)c(CC(=O)NCCNc3ncccn3)c2o1. The van der Waals surface area contributed by atoms with Gasteiger partial charge in [0, 0.05) is 37.1 Å². The Balaban J connectivity index is 1.53. The molecule has 3 heterocycles. The van der Waals surface area contributed by atoms with E-state index in [1.54, 1.807) is 25.4 Å². The number of nitrogens with one attached hydrogen (secondary N) is 2. The van der Waals surface area contributed by atoms with E-state index in [1.807, 2.05) is 30.3 Å². The van der Waals surface area contributed by atoms with Crippen molar-refractivity contribution in [1.29, 1.82) is 0 Å². The average Bonchev–Trinajstić information content (AvgIpc) is 3.11. The summed E-state index contributed by atoms with van der Waals surface area (Å²) >= 11 is 0. The Hall–Kier alpha value is -3.94. The zero-order chi connectivity index (χ0) is 20.9. The molecular weight excluding hydrogens is 384 g/mol. The highest BCUT2D eigenvalue weighted by Gasteiger charge is 2.22. The topological polar surface area (TPSA) is 110 Å². The van der Waals surface area contributed by atoms with E-state index in [2.05, 4.69) is 20.6 Å². The number of amides is 1. The summed E-state index contributed by atoms with van der Waals surface area (Å²) < 4.78 is 11.6. The maximum atomic E-state index is 12.6. The molecule has 0 aliphatic rings. The number of aromatic nitrogens is 2. The number of aryl methyl sites for hydroxylation is 1. The van der Waals surface area contributed by atoms with Crippen LogP contribution in [0.2, 0.25) is 0 Å². The summed E-state index contributed by atoms with van der Waals surface area (Å²) in [7, 11) is 0. The van der Waals surface area contributed by atoms with Gasteiger partial charge in [-0.2, -0.15) is 0 Å². The van der Waals surface area contributed by atoms with Gasteiger partial charge in [-0.1, -0.05) is 30.3 Å². The van der Waals surface area contributed by atoms with Crippen LogP contribution >= 0.6 is 0 Å². The fourth-order valence-corrected chi connectivity index (χ4v) is 3.13. The molecule has 0 saturated carbocycles. The fourth-order valence-electron chi connectivity index (χ4n) is 3.13. The molecule has 0 aliphatic carbocycles. The van der Waals surface area contributed by atoms with Gasteiger partial charge in [0.1, 0.15) is 11.5 Å². The largest absolute Gasteiger partial charge is 0.457 e. The minimum Gasteiger partial charge on any atom is -0.457 e. The van der Waals surface area contributed by atoms with Gasteiger partial charge in [0.15, 0.2) is 5.58 Å². The second kappa shape index (κ2) is 8.60. The summed E-state index contributed by atoms with van der Waals surface area (Å²) in [4.78, 5) is 33.1. The number of hydrogen-bond donors (Lipinski definition) is 2. The maximum Gasteiger partial charge on any atom is 0.228 e. The molecule has 1 aromatic carbocycles. The summed E-state index contributed by atoms with van der Waals surface area (Å²) in [6.07, 6.45) is 3.29. The van der Waals surface area contributed by atoms with E-state index in [9.17, 15) is 9.59 Å². The Labute approximate surface area is 172 Å². The lowest BCUT2D eigenvalue weighted by atomic mass is 10.1. The number of hydrogen-bond acceptors (Lipinski definition) is 7. The van der Waals surface area contributed by atoms with E-state index in [-0.39, 0.29) is 23.3 Å². The normalized spacial score (nSPS) is 10.8. The van der Waals surface area contributed by atoms with E-state index in [4.69, 9.17) is 8.83 Å². The molecule has 0 fully saturated rings. The molecule has 152 valence electrons. The van der Waals surface area contributed by atoms with Gasteiger partial charge >= 0.3 is 0 Å². The smallest absolute Gasteiger partial charge is 0.228 e. The highest BCUT2D eigenvalue weighted by atomic mass is 16.4. The van der Waals surface area contributed by atoms with E-state index < -0.39 is 0 Å². The highest BCUT2D eigenvalue weighted by Crippen LogP contribution is 2.33. The summed E-state index contributed by atoms with van der Waals surface area (Å²) in [6.45, 7) is 2.55. The van der Waals surface area contributed by atoms with Crippen LogP contribution in [0.1, 0.15) is 11.3 Å². The average molecular weight is 404 g/mol. The molecule has 8 nitrogen and oxygen atoms in total. The predicted molar refractivity (Wildman–Crippen MR) is 112 cm³/mol. The molecule has 0 spiro atoms. The number of rotatable bonds is 7. The van der Waals surface area contributed by atoms with Crippen LogP contribution in [-0.4, -0.2) is 29.0 Å². The quantitative estimate of drug-likeness (QED) is 0.456. The Kier molecular flexibility index (Phi) is 5.56. The van der Waals surface area contributed by atoms with Crippen LogP contribution in [0.15, 0.2) is 68.5 Å². The molecule has 0 radical (unpaired) electrons. The molecule has 8 heteroatoms. The van der Waals surface area contributed by atoms with Gasteiger partial charge in [0.2, 0.25) is 22.9 Å². The van der Waals surface area contributed by atoms with Crippen molar-refractivity contribution in [2.75, 3.05) is 18.4 Å². The molecule has 1 amide bonds. The number of fused-ring (bicyclic) bond motifs is 1. The van der Waals surface area contributed by atoms with Crippen molar-refractivity contribution in [1.82, 2.24) is 15.3 Å². The summed E-state index contributed by atoms with van der Waals surface area (Å²) in [5.74, 6) is 1.20. The van der Waals surface area contributed by atoms with Crippen molar-refractivity contribution in [2.24, 2.45) is 0 Å². The van der Waals surface area contributed by atoms with Crippen LogP contribution < -0.4 is 16.1 Å². The van der Waals surface area contributed by atoms with Gasteiger partial charge < -0.3 is 19.5 Å². The van der Waals surface area contributed by atoms with E-state index in [0.29, 0.717) is 41.7 Å². The molecule has 3 aromatic heterocycles. The second-order valence-electron chi connectivity index (χ2n) is 6.68. The predicted octanol–water partition coefficient (Wildman–Crippen LogP) is 2.92. The van der Waals surface area contributed by atoms with E-state index >= 15 is 0 Å². The number of carbonyl (C=O) groups excluding carboxylic acids is 1. The van der Waals surface area contributed by atoms with Crippen LogP contribution in [-0.2, 0) is 11.2 Å². The van der Waals surface area contributed by atoms with Crippen molar-refractivity contribution in [3.8, 4) is 11.3 Å². The Morgan fingerprint density at radius 3 is 2.53 bits per heavy atom. The molecule has 0 bridgehead atoms. The van der Waals surface area contributed by atoms with Gasteiger partial charge in [-0.05, 0) is 13.0 Å². The van der Waals surface area contributed by atoms with Crippen molar-refractivity contribution >= 4 is 23.0 Å². The van der Waals surface area contributed by atoms with E-state index in [0.717, 1.165) is 5.56 Å². The van der Waals surface area contributed by atoms with Crippen molar-refractivity contribution < 1.29 is 13.6 Å². The van der Waals surface area contributed by atoms with Crippen LogP contribution in [0.3, 0.4) is 0 Å². The molecule has 2 N–H and O–H groups in total. The molecule has 30 heavy (non-hydrogen) atoms. The molecule has 4 aromatic rings. The molecule has 0 aliphatic heterocycles. The molecule has 4 rings (SSSR count). The third-order valence-electron chi connectivity index (χ3n) is 4.45. The fraction of sp³-hybridized carbons (Fsp3) is 0.182. The Morgan fingerprint density at radius 2 is 1.77 bits per heavy atom. The van der Waals surface area contributed by atoms with Gasteiger partial charge in [0.05, 0.1) is 12.0 Å². The van der Waals surface area contributed by atoms with Gasteiger partial charge in [0.25, 0.3) is 0 Å². The third-order valence-corrected chi connectivity index (χ3v) is 4.45. The first-order valence-electron chi connectivity index (χ1n) is 9.51. The Bertz CT molecular complexity index is 1220. The van der Waals surface area contributed by atoms with Crippen LogP contribution in [0.25, 0.3) is 22.5 Å². The van der Waals surface area contributed by atoms with Crippen molar-refractivity contribution in [3.63, 3.8) is 0 Å². The lowest BCUT2D eigenvalue weighted by molar-refractivity contribution is -0.120. The zero-order valence-corrected chi connectivity index (χ0v) is 16.3.